The Hall–Kier alpha value is -3.34. The van der Waals surface area contributed by atoms with Crippen molar-refractivity contribution in [2.45, 2.75) is 12.6 Å². The number of H-pyrrole nitrogens is 1. The van der Waals surface area contributed by atoms with E-state index in [-0.39, 0.29) is 12.2 Å². The molecule has 0 radical (unpaired) electrons. The lowest BCUT2D eigenvalue weighted by atomic mass is 10.1. The molecule has 2 heterocycles. The molecule has 0 aliphatic rings. The largest absolute Gasteiger partial charge is 0.484 e. The van der Waals surface area contributed by atoms with E-state index < -0.39 is 12.8 Å². The highest BCUT2D eigenvalue weighted by atomic mass is 19.4. The first-order chi connectivity index (χ1) is 12.4. The van der Waals surface area contributed by atoms with E-state index in [1.54, 1.807) is 36.5 Å². The van der Waals surface area contributed by atoms with Crippen molar-refractivity contribution in [3.8, 4) is 23.2 Å². The molecule has 0 aliphatic carbocycles. The SMILES string of the molecule is N#Cc1ccnc(-c2cnc(Cc3ccccc3OCC(F)(F)F)[nH]2)c1. The predicted octanol–water partition coefficient (Wildman–Crippen LogP) is 3.88. The van der Waals surface area contributed by atoms with Crippen LogP contribution < -0.4 is 4.74 Å². The molecular weight excluding hydrogens is 345 g/mol. The van der Waals surface area contributed by atoms with Crippen molar-refractivity contribution in [1.82, 2.24) is 15.0 Å². The quantitative estimate of drug-likeness (QED) is 0.751. The minimum atomic E-state index is -4.40. The van der Waals surface area contributed by atoms with Crippen LogP contribution in [0.15, 0.2) is 48.8 Å². The number of nitriles is 1. The second-order valence-electron chi connectivity index (χ2n) is 5.47. The zero-order valence-corrected chi connectivity index (χ0v) is 13.4. The molecule has 0 saturated heterocycles. The van der Waals surface area contributed by atoms with Crippen molar-refractivity contribution in [3.05, 3.63) is 65.7 Å². The zero-order valence-electron chi connectivity index (χ0n) is 13.4. The van der Waals surface area contributed by atoms with E-state index in [1.807, 2.05) is 6.07 Å². The van der Waals surface area contributed by atoms with E-state index in [0.717, 1.165) is 0 Å². The van der Waals surface area contributed by atoms with Crippen molar-refractivity contribution in [2.24, 2.45) is 0 Å². The number of rotatable bonds is 5. The molecule has 5 nitrogen and oxygen atoms in total. The molecule has 26 heavy (non-hydrogen) atoms. The molecule has 3 rings (SSSR count). The summed E-state index contributed by atoms with van der Waals surface area (Å²) in [5.74, 6) is 0.708. The summed E-state index contributed by atoms with van der Waals surface area (Å²) in [5, 5.41) is 8.95. The summed E-state index contributed by atoms with van der Waals surface area (Å²) in [7, 11) is 0. The zero-order chi connectivity index (χ0) is 18.6. The number of hydrogen-bond acceptors (Lipinski definition) is 4. The number of hydrogen-bond donors (Lipinski definition) is 1. The minimum absolute atomic E-state index is 0.160. The Kier molecular flexibility index (Phi) is 4.89. The minimum Gasteiger partial charge on any atom is -0.484 e. The average molecular weight is 358 g/mol. The van der Waals surface area contributed by atoms with Crippen LogP contribution in [0.4, 0.5) is 13.2 Å². The lowest BCUT2D eigenvalue weighted by molar-refractivity contribution is -0.153. The van der Waals surface area contributed by atoms with Crippen LogP contribution in [0.25, 0.3) is 11.4 Å². The van der Waals surface area contributed by atoms with Gasteiger partial charge in [0.2, 0.25) is 0 Å². The second-order valence-corrected chi connectivity index (χ2v) is 5.47. The van der Waals surface area contributed by atoms with Crippen molar-refractivity contribution < 1.29 is 17.9 Å². The molecule has 1 aromatic carbocycles. The average Bonchev–Trinajstić information content (AvgIpc) is 3.09. The Labute approximate surface area is 147 Å². The van der Waals surface area contributed by atoms with Crippen molar-refractivity contribution >= 4 is 0 Å². The molecule has 0 saturated carbocycles. The normalized spacial score (nSPS) is 11.2. The Morgan fingerprint density at radius 3 is 2.73 bits per heavy atom. The van der Waals surface area contributed by atoms with E-state index in [0.29, 0.717) is 28.3 Å². The van der Waals surface area contributed by atoms with Gasteiger partial charge in [-0.15, -0.1) is 0 Å². The van der Waals surface area contributed by atoms with Gasteiger partial charge in [-0.2, -0.15) is 18.4 Å². The maximum Gasteiger partial charge on any atom is 0.422 e. The smallest absolute Gasteiger partial charge is 0.422 e. The molecule has 3 aromatic rings. The van der Waals surface area contributed by atoms with Crippen LogP contribution in [-0.2, 0) is 6.42 Å². The van der Waals surface area contributed by atoms with Gasteiger partial charge < -0.3 is 9.72 Å². The summed E-state index contributed by atoms with van der Waals surface area (Å²) >= 11 is 0. The van der Waals surface area contributed by atoms with Gasteiger partial charge in [-0.1, -0.05) is 18.2 Å². The fraction of sp³-hybridized carbons (Fsp3) is 0.167. The summed E-state index contributed by atoms with van der Waals surface area (Å²) in [6, 6.07) is 11.8. The molecule has 2 aromatic heterocycles. The highest BCUT2D eigenvalue weighted by molar-refractivity contribution is 5.55. The summed E-state index contributed by atoms with van der Waals surface area (Å²) in [6.45, 7) is -1.35. The first-order valence-electron chi connectivity index (χ1n) is 7.62. The standard InChI is InChI=1S/C18H13F3N4O/c19-18(20,21)11-26-16-4-2-1-3-13(16)8-17-24-10-15(25-17)14-7-12(9-22)5-6-23-14/h1-7,10H,8,11H2,(H,24,25). The van der Waals surface area contributed by atoms with E-state index in [2.05, 4.69) is 15.0 Å². The van der Waals surface area contributed by atoms with E-state index in [9.17, 15) is 13.2 Å². The van der Waals surface area contributed by atoms with Crippen LogP contribution in [0.2, 0.25) is 0 Å². The van der Waals surface area contributed by atoms with Gasteiger partial charge in [-0.3, -0.25) is 4.98 Å². The number of benzene rings is 1. The summed E-state index contributed by atoms with van der Waals surface area (Å²) in [5.41, 5.74) is 2.23. The number of para-hydroxylation sites is 1. The number of nitrogens with zero attached hydrogens (tertiary/aromatic N) is 3. The number of aromatic amines is 1. The van der Waals surface area contributed by atoms with Crippen molar-refractivity contribution in [1.29, 1.82) is 5.26 Å². The fourth-order valence-corrected chi connectivity index (χ4v) is 2.36. The summed E-state index contributed by atoms with van der Waals surface area (Å²) in [4.78, 5) is 11.5. The van der Waals surface area contributed by atoms with Gasteiger partial charge in [0.1, 0.15) is 11.6 Å². The van der Waals surface area contributed by atoms with E-state index >= 15 is 0 Å². The molecule has 0 atom stereocenters. The maximum absolute atomic E-state index is 12.4. The molecule has 132 valence electrons. The van der Waals surface area contributed by atoms with Crippen molar-refractivity contribution in [3.63, 3.8) is 0 Å². The van der Waals surface area contributed by atoms with Crippen LogP contribution in [0.1, 0.15) is 17.0 Å². The number of nitrogens with one attached hydrogen (secondary N) is 1. The van der Waals surface area contributed by atoms with Gasteiger partial charge in [0.15, 0.2) is 6.61 Å². The second kappa shape index (κ2) is 7.27. The van der Waals surface area contributed by atoms with Crippen LogP contribution in [-0.4, -0.2) is 27.7 Å². The lowest BCUT2D eigenvalue weighted by Gasteiger charge is -2.12. The highest BCUT2D eigenvalue weighted by Gasteiger charge is 2.28. The molecule has 0 unspecified atom stereocenters. The molecule has 0 fully saturated rings. The third-order valence-corrected chi connectivity index (χ3v) is 3.52. The Balaban J connectivity index is 1.78. The lowest BCUT2D eigenvalue weighted by Crippen LogP contribution is -2.19. The van der Waals surface area contributed by atoms with Crippen LogP contribution >= 0.6 is 0 Å². The third kappa shape index (κ3) is 4.39. The highest BCUT2D eigenvalue weighted by Crippen LogP contribution is 2.24. The number of ether oxygens (including phenoxy) is 1. The van der Waals surface area contributed by atoms with Crippen LogP contribution in [0.3, 0.4) is 0 Å². The van der Waals surface area contributed by atoms with Crippen LogP contribution in [0.5, 0.6) is 5.75 Å². The first-order valence-corrected chi connectivity index (χ1v) is 7.62. The molecule has 8 heteroatoms. The number of aromatic nitrogens is 3. The number of pyridine rings is 1. The van der Waals surface area contributed by atoms with Gasteiger partial charge in [-0.05, 0) is 18.2 Å². The molecule has 0 bridgehead atoms. The fourth-order valence-electron chi connectivity index (χ4n) is 2.36. The molecule has 1 N–H and O–H groups in total. The number of imidazole rings is 1. The predicted molar refractivity (Wildman–Crippen MR) is 87.3 cm³/mol. The van der Waals surface area contributed by atoms with E-state index in [4.69, 9.17) is 10.00 Å². The molecular formula is C18H13F3N4O. The molecule has 0 spiro atoms. The number of alkyl halides is 3. The summed E-state index contributed by atoms with van der Waals surface area (Å²) in [6.07, 6.45) is -1.04. The monoisotopic (exact) mass is 358 g/mol. The van der Waals surface area contributed by atoms with Gasteiger partial charge in [-0.25, -0.2) is 4.98 Å². The first kappa shape index (κ1) is 17.5. The molecule has 0 amide bonds. The van der Waals surface area contributed by atoms with E-state index in [1.165, 1.54) is 12.3 Å². The van der Waals surface area contributed by atoms with Gasteiger partial charge >= 0.3 is 6.18 Å². The van der Waals surface area contributed by atoms with Gasteiger partial charge in [0.25, 0.3) is 0 Å². The van der Waals surface area contributed by atoms with Crippen molar-refractivity contribution in [2.75, 3.05) is 6.61 Å². The number of halogens is 3. The Morgan fingerprint density at radius 2 is 1.96 bits per heavy atom. The third-order valence-electron chi connectivity index (χ3n) is 3.52. The van der Waals surface area contributed by atoms with Crippen LogP contribution in [0, 0.1) is 11.3 Å². The topological polar surface area (TPSA) is 74.6 Å². The molecule has 0 aliphatic heterocycles. The Morgan fingerprint density at radius 1 is 1.15 bits per heavy atom. The van der Waals surface area contributed by atoms with Gasteiger partial charge in [0.05, 0.1) is 29.2 Å². The maximum atomic E-state index is 12.4. The summed E-state index contributed by atoms with van der Waals surface area (Å²) < 4.78 is 42.0. The van der Waals surface area contributed by atoms with Gasteiger partial charge in [0, 0.05) is 18.2 Å². The Bertz CT molecular complexity index is 944.